The molecule has 0 spiro atoms. The van der Waals surface area contributed by atoms with Crippen LogP contribution in [0, 0.1) is 0 Å². The van der Waals surface area contributed by atoms with Crippen LogP contribution in [0.3, 0.4) is 0 Å². The highest BCUT2D eigenvalue weighted by molar-refractivity contribution is 8.21. The van der Waals surface area contributed by atoms with Gasteiger partial charge < -0.3 is 0 Å². The van der Waals surface area contributed by atoms with Gasteiger partial charge in [0.1, 0.15) is 0 Å². The van der Waals surface area contributed by atoms with Crippen LogP contribution in [0.4, 0.5) is 0 Å². The molecule has 2 rings (SSSR count). The van der Waals surface area contributed by atoms with Crippen LogP contribution in [0.2, 0.25) is 0 Å². The van der Waals surface area contributed by atoms with E-state index in [0.29, 0.717) is 11.1 Å². The topological polar surface area (TPSA) is 86.7 Å². The molecule has 0 saturated carbocycles. The van der Waals surface area contributed by atoms with E-state index >= 15 is 0 Å². The lowest BCUT2D eigenvalue weighted by molar-refractivity contribution is 0.397. The zero-order valence-corrected chi connectivity index (χ0v) is 16.5. The highest BCUT2D eigenvalue weighted by Crippen LogP contribution is 2.43. The van der Waals surface area contributed by atoms with Crippen molar-refractivity contribution in [3.63, 3.8) is 0 Å². The molecule has 0 heterocycles. The van der Waals surface area contributed by atoms with E-state index in [9.17, 15) is 16.8 Å². The Bertz CT molecular complexity index is 879. The SMILES string of the molecule is COS(=O)(=O)c1ccccc1C(SCl)c1ccccc1S(=O)(=O)OC. The molecule has 0 N–H and O–H groups in total. The van der Waals surface area contributed by atoms with Crippen molar-refractivity contribution in [2.24, 2.45) is 0 Å². The maximum absolute atomic E-state index is 12.2. The van der Waals surface area contributed by atoms with Crippen molar-refractivity contribution >= 4 is 41.9 Å². The number of halogens is 1. The molecule has 2 aromatic carbocycles. The molecule has 0 amide bonds. The summed E-state index contributed by atoms with van der Waals surface area (Å²) in [5.41, 5.74) is 0.617. The zero-order valence-electron chi connectivity index (χ0n) is 13.2. The molecule has 0 atom stereocenters. The van der Waals surface area contributed by atoms with E-state index in [1.54, 1.807) is 36.4 Å². The Hall–Kier alpha value is -1.10. The first-order chi connectivity index (χ1) is 11.8. The molecule has 136 valence electrons. The second-order valence-corrected chi connectivity index (χ2v) is 9.33. The first kappa shape index (κ1) is 20.2. The molecule has 0 unspecified atom stereocenters. The van der Waals surface area contributed by atoms with E-state index in [4.69, 9.17) is 10.7 Å². The van der Waals surface area contributed by atoms with Gasteiger partial charge in [-0.15, -0.1) is 0 Å². The molecule has 25 heavy (non-hydrogen) atoms. The quantitative estimate of drug-likeness (QED) is 0.632. The number of rotatable bonds is 7. The van der Waals surface area contributed by atoms with Crippen molar-refractivity contribution in [1.82, 2.24) is 0 Å². The van der Waals surface area contributed by atoms with E-state index in [-0.39, 0.29) is 9.79 Å². The van der Waals surface area contributed by atoms with E-state index in [2.05, 4.69) is 8.37 Å². The molecule has 0 saturated heterocycles. The molecule has 0 aliphatic rings. The van der Waals surface area contributed by atoms with Gasteiger partial charge in [0.25, 0.3) is 20.2 Å². The van der Waals surface area contributed by atoms with Crippen LogP contribution in [-0.4, -0.2) is 31.1 Å². The van der Waals surface area contributed by atoms with Gasteiger partial charge >= 0.3 is 0 Å². The van der Waals surface area contributed by atoms with Crippen LogP contribution in [0.25, 0.3) is 0 Å². The smallest absolute Gasteiger partial charge is 0.270 e. The molecule has 0 aliphatic carbocycles. The second kappa shape index (κ2) is 8.07. The molecule has 0 radical (unpaired) electrons. The third-order valence-corrected chi connectivity index (χ3v) is 7.39. The van der Waals surface area contributed by atoms with E-state index in [1.165, 1.54) is 12.1 Å². The maximum Gasteiger partial charge on any atom is 0.297 e. The average molecular weight is 423 g/mol. The molecule has 2 aromatic rings. The lowest BCUT2D eigenvalue weighted by atomic mass is 10.0. The summed E-state index contributed by atoms with van der Waals surface area (Å²) in [4.78, 5) is -0.166. The van der Waals surface area contributed by atoms with Gasteiger partial charge in [0.05, 0.1) is 29.3 Å². The minimum atomic E-state index is -4.00. The lowest BCUT2D eigenvalue weighted by Gasteiger charge is -2.19. The maximum atomic E-state index is 12.2. The fraction of sp³-hybridized carbons (Fsp3) is 0.200. The van der Waals surface area contributed by atoms with Crippen LogP contribution in [0.1, 0.15) is 16.4 Å². The minimum Gasteiger partial charge on any atom is -0.270 e. The molecular formula is C15H15ClO6S3. The van der Waals surface area contributed by atoms with Gasteiger partial charge in [-0.05, 0) is 44.9 Å². The van der Waals surface area contributed by atoms with Gasteiger partial charge in [-0.3, -0.25) is 8.37 Å². The summed E-state index contributed by atoms with van der Waals surface area (Å²) in [7, 11) is 0.913. The number of benzene rings is 2. The Morgan fingerprint density at radius 2 is 1.16 bits per heavy atom. The summed E-state index contributed by atoms with van der Waals surface area (Å²) < 4.78 is 58.0. The standard InChI is InChI=1S/C15H15ClO6S3/c1-21-24(17,18)13-9-5-3-7-11(13)15(23-16)12-8-4-6-10-14(12)25(19,20)22-2/h3-10,15H,1-2H3. The Morgan fingerprint density at radius 3 is 1.48 bits per heavy atom. The van der Waals surface area contributed by atoms with Crippen LogP contribution in [0.5, 0.6) is 0 Å². The zero-order chi connectivity index (χ0) is 18.7. The molecular weight excluding hydrogens is 408 g/mol. The Kier molecular flexibility index (Phi) is 6.52. The summed E-state index contributed by atoms with van der Waals surface area (Å²) in [5.74, 6) is 0. The van der Waals surface area contributed by atoms with Crippen LogP contribution < -0.4 is 0 Å². The van der Waals surface area contributed by atoms with Gasteiger partial charge in [-0.2, -0.15) is 16.8 Å². The molecule has 0 aromatic heterocycles. The first-order valence-corrected chi connectivity index (χ1v) is 11.4. The lowest BCUT2D eigenvalue weighted by Crippen LogP contribution is -2.12. The van der Waals surface area contributed by atoms with Gasteiger partial charge in [0, 0.05) is 0 Å². The third kappa shape index (κ3) is 4.18. The predicted octanol–water partition coefficient (Wildman–Crippen LogP) is 3.33. The van der Waals surface area contributed by atoms with E-state index in [1.807, 2.05) is 0 Å². The van der Waals surface area contributed by atoms with Gasteiger partial charge in [0.15, 0.2) is 0 Å². The van der Waals surface area contributed by atoms with Crippen molar-refractivity contribution in [3.05, 3.63) is 59.7 Å². The molecule has 0 bridgehead atoms. The van der Waals surface area contributed by atoms with E-state index < -0.39 is 25.5 Å². The van der Waals surface area contributed by atoms with Crippen LogP contribution >= 0.6 is 21.7 Å². The van der Waals surface area contributed by atoms with Crippen molar-refractivity contribution in [2.45, 2.75) is 15.0 Å². The van der Waals surface area contributed by atoms with Gasteiger partial charge in [-0.1, -0.05) is 36.4 Å². The molecule has 6 nitrogen and oxygen atoms in total. The van der Waals surface area contributed by atoms with Crippen LogP contribution in [0.15, 0.2) is 58.3 Å². The summed E-state index contributed by atoms with van der Waals surface area (Å²) in [5, 5.41) is -0.774. The number of hydrogen-bond acceptors (Lipinski definition) is 7. The number of hydrogen-bond donors (Lipinski definition) is 0. The highest BCUT2D eigenvalue weighted by atomic mass is 35.7. The Balaban J connectivity index is 2.74. The Morgan fingerprint density at radius 1 is 0.800 bits per heavy atom. The van der Waals surface area contributed by atoms with Crippen molar-refractivity contribution in [3.8, 4) is 0 Å². The third-order valence-electron chi connectivity index (χ3n) is 3.47. The van der Waals surface area contributed by atoms with Crippen molar-refractivity contribution in [1.29, 1.82) is 0 Å². The van der Waals surface area contributed by atoms with Crippen molar-refractivity contribution in [2.75, 3.05) is 14.2 Å². The fourth-order valence-corrected chi connectivity index (χ4v) is 5.42. The monoisotopic (exact) mass is 422 g/mol. The summed E-state index contributed by atoms with van der Waals surface area (Å²) in [6.07, 6.45) is 0. The predicted molar refractivity (Wildman–Crippen MR) is 96.6 cm³/mol. The fourth-order valence-electron chi connectivity index (χ4n) is 2.29. The van der Waals surface area contributed by atoms with Crippen LogP contribution in [-0.2, 0) is 28.6 Å². The summed E-state index contributed by atoms with van der Waals surface area (Å²) in [6.45, 7) is 0. The minimum absolute atomic E-state index is 0.0831. The normalized spacial score (nSPS) is 12.5. The largest absolute Gasteiger partial charge is 0.297 e. The summed E-state index contributed by atoms with van der Waals surface area (Å²) >= 11 is 0. The average Bonchev–Trinajstić information content (AvgIpc) is 2.63. The van der Waals surface area contributed by atoms with Crippen molar-refractivity contribution < 1.29 is 25.2 Å². The highest BCUT2D eigenvalue weighted by Gasteiger charge is 2.29. The first-order valence-electron chi connectivity index (χ1n) is 6.85. The second-order valence-electron chi connectivity index (χ2n) is 4.79. The van der Waals surface area contributed by atoms with Gasteiger partial charge in [0.2, 0.25) is 0 Å². The molecule has 0 fully saturated rings. The molecule has 0 aliphatic heterocycles. The van der Waals surface area contributed by atoms with Gasteiger partial charge in [-0.25, -0.2) is 0 Å². The summed E-state index contributed by atoms with van der Waals surface area (Å²) in [6, 6.07) is 12.2. The van der Waals surface area contributed by atoms with E-state index in [0.717, 1.165) is 25.2 Å². The molecule has 10 heteroatoms. The Labute approximate surface area is 155 Å².